The molecule has 29 heavy (non-hydrogen) atoms. The third-order valence-electron chi connectivity index (χ3n) is 4.42. The number of carbonyl (C=O) groups is 3. The fourth-order valence-corrected chi connectivity index (χ4v) is 3.04. The number of aromatic nitrogens is 2. The Morgan fingerprint density at radius 3 is 2.48 bits per heavy atom. The monoisotopic (exact) mass is 393 g/mol. The predicted octanol–water partition coefficient (Wildman–Crippen LogP) is 2.73. The Labute approximate surface area is 167 Å². The maximum atomic E-state index is 13.6. The number of Topliss-reactive ketones (excluding diaryl/α,β-unsaturated/α-hetero) is 2. The lowest BCUT2D eigenvalue weighted by atomic mass is 9.99. The highest BCUT2D eigenvalue weighted by Gasteiger charge is 2.27. The van der Waals surface area contributed by atoms with E-state index in [2.05, 4.69) is 10.4 Å². The number of hydrogen-bond acceptors (Lipinski definition) is 4. The van der Waals surface area contributed by atoms with Crippen LogP contribution in [0.25, 0.3) is 11.3 Å². The Bertz CT molecular complexity index is 1060. The molecular weight excluding hydrogens is 373 g/mol. The van der Waals surface area contributed by atoms with Gasteiger partial charge in [0.05, 0.1) is 11.6 Å². The average molecular weight is 393 g/mol. The summed E-state index contributed by atoms with van der Waals surface area (Å²) in [6, 6.07) is 13.8. The lowest BCUT2D eigenvalue weighted by molar-refractivity contribution is -0.136. The van der Waals surface area contributed by atoms with Crippen molar-refractivity contribution in [2.24, 2.45) is 7.05 Å². The molecule has 1 heterocycles. The molecule has 1 N–H and O–H groups in total. The molecular formula is C22H20FN3O3. The van der Waals surface area contributed by atoms with E-state index in [1.165, 1.54) is 36.0 Å². The molecule has 2 aromatic carbocycles. The number of hydrogen-bond donors (Lipinski definition) is 1. The summed E-state index contributed by atoms with van der Waals surface area (Å²) in [5.74, 6) is -2.33. The molecule has 1 amide bonds. The van der Waals surface area contributed by atoms with Gasteiger partial charge in [0.15, 0.2) is 5.78 Å². The second-order valence-electron chi connectivity index (χ2n) is 6.71. The van der Waals surface area contributed by atoms with E-state index in [0.717, 1.165) is 5.56 Å². The maximum Gasteiger partial charge on any atom is 0.255 e. The van der Waals surface area contributed by atoms with Crippen LogP contribution in [0.5, 0.6) is 0 Å². The lowest BCUT2D eigenvalue weighted by Crippen LogP contribution is -2.44. The van der Waals surface area contributed by atoms with Crippen molar-refractivity contribution in [3.05, 3.63) is 77.7 Å². The van der Waals surface area contributed by atoms with Crippen LogP contribution in [0.15, 0.2) is 60.8 Å². The van der Waals surface area contributed by atoms with Gasteiger partial charge in [-0.1, -0.05) is 42.5 Å². The Balaban J connectivity index is 1.90. The molecule has 0 aliphatic rings. The summed E-state index contributed by atoms with van der Waals surface area (Å²) in [4.78, 5) is 37.0. The summed E-state index contributed by atoms with van der Waals surface area (Å²) in [7, 11) is 1.64. The summed E-state index contributed by atoms with van der Waals surface area (Å²) in [6.07, 6.45) is 1.67. The van der Waals surface area contributed by atoms with Gasteiger partial charge >= 0.3 is 0 Å². The summed E-state index contributed by atoms with van der Waals surface area (Å²) in [6.45, 7) is 1.18. The Morgan fingerprint density at radius 2 is 1.83 bits per heavy atom. The van der Waals surface area contributed by atoms with Gasteiger partial charge in [0.2, 0.25) is 5.78 Å². The average Bonchev–Trinajstić information content (AvgIpc) is 3.09. The number of nitrogens with one attached hydrogen (secondary N) is 1. The molecule has 0 aliphatic heterocycles. The smallest absolute Gasteiger partial charge is 0.255 e. The third-order valence-corrected chi connectivity index (χ3v) is 4.42. The SMILES string of the molecule is CC(=O)C(=O)C(Cc1ccccc1)NC(=O)c1cn(C)nc1-c1cccc(F)c1. The highest BCUT2D eigenvalue weighted by atomic mass is 19.1. The van der Waals surface area contributed by atoms with Crippen LogP contribution in [-0.2, 0) is 23.1 Å². The van der Waals surface area contributed by atoms with Gasteiger partial charge in [-0.2, -0.15) is 5.10 Å². The summed E-state index contributed by atoms with van der Waals surface area (Å²) in [5, 5.41) is 6.90. The Morgan fingerprint density at radius 1 is 1.10 bits per heavy atom. The van der Waals surface area contributed by atoms with E-state index in [0.29, 0.717) is 11.3 Å². The zero-order valence-electron chi connectivity index (χ0n) is 16.1. The number of aryl methyl sites for hydroxylation is 1. The summed E-state index contributed by atoms with van der Waals surface area (Å²) >= 11 is 0. The van der Waals surface area contributed by atoms with E-state index >= 15 is 0 Å². The second kappa shape index (κ2) is 8.60. The van der Waals surface area contributed by atoms with Crippen LogP contribution in [0.4, 0.5) is 4.39 Å². The fraction of sp³-hybridized carbons (Fsp3) is 0.182. The molecule has 3 aromatic rings. The minimum atomic E-state index is -1.01. The van der Waals surface area contributed by atoms with Crippen molar-refractivity contribution in [3.8, 4) is 11.3 Å². The Hall–Kier alpha value is -3.61. The molecule has 0 radical (unpaired) electrons. The van der Waals surface area contributed by atoms with Gasteiger partial charge in [-0.15, -0.1) is 0 Å². The van der Waals surface area contributed by atoms with E-state index < -0.39 is 29.3 Å². The molecule has 0 aliphatic carbocycles. The summed E-state index contributed by atoms with van der Waals surface area (Å²) in [5.41, 5.74) is 1.72. The molecule has 0 bridgehead atoms. The minimum absolute atomic E-state index is 0.181. The lowest BCUT2D eigenvalue weighted by Gasteiger charge is -2.16. The van der Waals surface area contributed by atoms with Crippen molar-refractivity contribution in [2.45, 2.75) is 19.4 Å². The van der Waals surface area contributed by atoms with Crippen LogP contribution in [0.3, 0.4) is 0 Å². The van der Waals surface area contributed by atoms with Crippen LogP contribution in [0, 0.1) is 5.82 Å². The van der Waals surface area contributed by atoms with Crippen molar-refractivity contribution in [1.82, 2.24) is 15.1 Å². The van der Waals surface area contributed by atoms with Crippen molar-refractivity contribution in [3.63, 3.8) is 0 Å². The van der Waals surface area contributed by atoms with Crippen LogP contribution < -0.4 is 5.32 Å². The van der Waals surface area contributed by atoms with Gasteiger partial charge < -0.3 is 5.32 Å². The van der Waals surface area contributed by atoms with E-state index in [1.54, 1.807) is 13.1 Å². The highest BCUT2D eigenvalue weighted by Crippen LogP contribution is 2.23. The third kappa shape index (κ3) is 4.82. The van der Waals surface area contributed by atoms with Gasteiger partial charge in [0, 0.05) is 32.2 Å². The Kier molecular flexibility index (Phi) is 5.97. The van der Waals surface area contributed by atoms with E-state index in [1.807, 2.05) is 30.3 Å². The number of carbonyl (C=O) groups excluding carboxylic acids is 3. The van der Waals surface area contributed by atoms with E-state index in [9.17, 15) is 18.8 Å². The summed E-state index contributed by atoms with van der Waals surface area (Å²) < 4.78 is 15.1. The molecule has 0 spiro atoms. The van der Waals surface area contributed by atoms with Crippen LogP contribution in [0.1, 0.15) is 22.8 Å². The van der Waals surface area contributed by atoms with E-state index in [-0.39, 0.29) is 12.0 Å². The standard InChI is InChI=1S/C22H20FN3O3/c1-14(27)21(28)19(11-15-7-4-3-5-8-15)24-22(29)18-13-26(2)25-20(18)16-9-6-10-17(23)12-16/h3-10,12-13,19H,11H2,1-2H3,(H,24,29). The zero-order chi connectivity index (χ0) is 21.0. The molecule has 148 valence electrons. The maximum absolute atomic E-state index is 13.6. The minimum Gasteiger partial charge on any atom is -0.341 e. The largest absolute Gasteiger partial charge is 0.341 e. The van der Waals surface area contributed by atoms with E-state index in [4.69, 9.17) is 0 Å². The quantitative estimate of drug-likeness (QED) is 0.626. The van der Waals surface area contributed by atoms with Crippen molar-refractivity contribution in [1.29, 1.82) is 0 Å². The van der Waals surface area contributed by atoms with Gasteiger partial charge in [-0.3, -0.25) is 19.1 Å². The first-order valence-corrected chi connectivity index (χ1v) is 9.04. The van der Waals surface area contributed by atoms with Gasteiger partial charge in [-0.25, -0.2) is 4.39 Å². The second-order valence-corrected chi connectivity index (χ2v) is 6.71. The van der Waals surface area contributed by atoms with Crippen molar-refractivity contribution >= 4 is 17.5 Å². The van der Waals surface area contributed by atoms with Crippen molar-refractivity contribution in [2.75, 3.05) is 0 Å². The number of amides is 1. The van der Waals surface area contributed by atoms with Crippen molar-refractivity contribution < 1.29 is 18.8 Å². The molecule has 7 heteroatoms. The van der Waals surface area contributed by atoms with Gasteiger partial charge in [0.25, 0.3) is 5.91 Å². The van der Waals surface area contributed by atoms with Crippen LogP contribution in [0.2, 0.25) is 0 Å². The first kappa shape index (κ1) is 20.1. The van der Waals surface area contributed by atoms with Crippen LogP contribution >= 0.6 is 0 Å². The molecule has 0 saturated heterocycles. The number of halogens is 1. The molecule has 1 aromatic heterocycles. The molecule has 1 atom stereocenters. The highest BCUT2D eigenvalue weighted by molar-refractivity contribution is 6.38. The first-order chi connectivity index (χ1) is 13.8. The zero-order valence-corrected chi connectivity index (χ0v) is 16.1. The van der Waals surface area contributed by atoms with Gasteiger partial charge in [-0.05, 0) is 17.7 Å². The molecule has 1 unspecified atom stereocenters. The molecule has 0 fully saturated rings. The predicted molar refractivity (Wildman–Crippen MR) is 106 cm³/mol. The molecule has 0 saturated carbocycles. The molecule has 6 nitrogen and oxygen atoms in total. The number of rotatable bonds is 7. The number of ketones is 2. The fourth-order valence-electron chi connectivity index (χ4n) is 3.04. The number of nitrogens with zero attached hydrogens (tertiary/aromatic N) is 2. The molecule has 3 rings (SSSR count). The van der Waals surface area contributed by atoms with Gasteiger partial charge in [0.1, 0.15) is 11.5 Å². The normalized spacial score (nSPS) is 11.7. The topological polar surface area (TPSA) is 81.1 Å². The van der Waals surface area contributed by atoms with Crippen LogP contribution in [-0.4, -0.2) is 33.3 Å². The first-order valence-electron chi connectivity index (χ1n) is 9.04. The number of benzene rings is 2.